The van der Waals surface area contributed by atoms with Crippen molar-refractivity contribution in [3.05, 3.63) is 35.9 Å². The second-order valence-electron chi connectivity index (χ2n) is 3.38. The molecule has 0 amide bonds. The molecule has 4 heteroatoms. The smallest absolute Gasteiger partial charge is 0.157 e. The van der Waals surface area contributed by atoms with Gasteiger partial charge < -0.3 is 5.32 Å². The van der Waals surface area contributed by atoms with Crippen LogP contribution in [0, 0.1) is 0 Å². The van der Waals surface area contributed by atoms with E-state index < -0.39 is 0 Å². The van der Waals surface area contributed by atoms with Crippen molar-refractivity contribution in [2.45, 2.75) is 11.8 Å². The van der Waals surface area contributed by atoms with Crippen molar-refractivity contribution in [1.82, 2.24) is 5.32 Å². The maximum absolute atomic E-state index is 4.47. The number of rotatable bonds is 3. The highest BCUT2D eigenvalue weighted by Crippen LogP contribution is 2.21. The van der Waals surface area contributed by atoms with Gasteiger partial charge in [0.15, 0.2) is 5.17 Å². The molecule has 0 aromatic heterocycles. The number of aliphatic imine (C=N–C) groups is 1. The van der Waals surface area contributed by atoms with Gasteiger partial charge in [0, 0.05) is 16.2 Å². The summed E-state index contributed by atoms with van der Waals surface area (Å²) in [5.41, 5.74) is 1.30. The monoisotopic (exact) mass is 332 g/mol. The predicted molar refractivity (Wildman–Crippen MR) is 75.8 cm³/mol. The van der Waals surface area contributed by atoms with Gasteiger partial charge in [0.1, 0.15) is 0 Å². The highest BCUT2D eigenvalue weighted by molar-refractivity contribution is 14.1. The van der Waals surface area contributed by atoms with Crippen molar-refractivity contribution >= 4 is 39.5 Å². The number of hydrogen-bond acceptors (Lipinski definition) is 3. The molecule has 0 spiro atoms. The average molecular weight is 332 g/mol. The van der Waals surface area contributed by atoms with Crippen molar-refractivity contribution < 1.29 is 0 Å². The Morgan fingerprint density at radius 2 is 2.20 bits per heavy atom. The molecular formula is C11H13IN2S. The number of nitrogens with zero attached hydrogens (tertiary/aromatic N) is 1. The van der Waals surface area contributed by atoms with Gasteiger partial charge in [-0.2, -0.15) is 0 Å². The molecule has 1 aliphatic rings. The normalized spacial score (nSPS) is 20.1. The minimum absolute atomic E-state index is 0.670. The van der Waals surface area contributed by atoms with E-state index in [1.54, 1.807) is 0 Å². The summed E-state index contributed by atoms with van der Waals surface area (Å²) in [6, 6.07) is 10.4. The van der Waals surface area contributed by atoms with E-state index in [9.17, 15) is 0 Å². The van der Waals surface area contributed by atoms with Crippen molar-refractivity contribution in [3.63, 3.8) is 0 Å². The van der Waals surface area contributed by atoms with Crippen LogP contribution in [0.1, 0.15) is 5.56 Å². The van der Waals surface area contributed by atoms with Crippen LogP contribution >= 0.6 is 34.4 Å². The number of hydrogen-bond donors (Lipinski definition) is 1. The number of halogens is 1. The lowest BCUT2D eigenvalue weighted by Gasteiger charge is -2.06. The first kappa shape index (κ1) is 11.3. The molecule has 2 nitrogen and oxygen atoms in total. The van der Waals surface area contributed by atoms with Gasteiger partial charge in [-0.3, -0.25) is 4.99 Å². The van der Waals surface area contributed by atoms with Gasteiger partial charge in [0.05, 0.1) is 6.54 Å². The third-order valence-electron chi connectivity index (χ3n) is 2.18. The largest absolute Gasteiger partial charge is 0.361 e. The molecule has 1 aromatic rings. The summed E-state index contributed by atoms with van der Waals surface area (Å²) in [5.74, 6) is 0. The second-order valence-corrected chi connectivity index (χ2v) is 5.55. The molecule has 0 aliphatic carbocycles. The fraction of sp³-hybridized carbons (Fsp3) is 0.364. The Morgan fingerprint density at radius 3 is 2.87 bits per heavy atom. The number of alkyl halides is 1. The standard InChI is InChI=1S/C11H13IN2S/c12-6-10-8-14-11(15-10)13-7-9-4-2-1-3-5-9/h1-5,10H,6-8H2,(H,13,14)/t10-/m0/s1. The first-order valence-corrected chi connectivity index (χ1v) is 7.34. The Bertz CT molecular complexity index is 340. The third kappa shape index (κ3) is 3.38. The lowest BCUT2D eigenvalue weighted by atomic mass is 10.2. The van der Waals surface area contributed by atoms with E-state index in [-0.39, 0.29) is 0 Å². The summed E-state index contributed by atoms with van der Waals surface area (Å²) in [7, 11) is 0. The lowest BCUT2D eigenvalue weighted by molar-refractivity contribution is 0.916. The second kappa shape index (κ2) is 5.75. The molecule has 80 valence electrons. The fourth-order valence-corrected chi connectivity index (χ4v) is 3.02. The molecular weight excluding hydrogens is 319 g/mol. The highest BCUT2D eigenvalue weighted by Gasteiger charge is 2.17. The summed E-state index contributed by atoms with van der Waals surface area (Å²) in [6.07, 6.45) is 0. The Labute approximate surface area is 108 Å². The number of amidine groups is 1. The van der Waals surface area contributed by atoms with Crippen LogP contribution in [0.3, 0.4) is 0 Å². The molecule has 1 N–H and O–H groups in total. The first-order valence-electron chi connectivity index (χ1n) is 4.93. The highest BCUT2D eigenvalue weighted by atomic mass is 127. The molecule has 1 atom stereocenters. The van der Waals surface area contributed by atoms with Crippen molar-refractivity contribution in [2.75, 3.05) is 11.0 Å². The molecule has 1 aromatic carbocycles. The first-order chi connectivity index (χ1) is 7.38. The van der Waals surface area contributed by atoms with Gasteiger partial charge in [-0.25, -0.2) is 0 Å². The molecule has 1 heterocycles. The quantitative estimate of drug-likeness (QED) is 0.680. The Kier molecular flexibility index (Phi) is 4.31. The zero-order chi connectivity index (χ0) is 10.5. The van der Waals surface area contributed by atoms with E-state index in [0.717, 1.165) is 18.3 Å². The zero-order valence-corrected chi connectivity index (χ0v) is 11.3. The summed E-state index contributed by atoms with van der Waals surface area (Å²) >= 11 is 4.28. The fourth-order valence-electron chi connectivity index (χ4n) is 1.37. The maximum atomic E-state index is 4.47. The van der Waals surface area contributed by atoms with E-state index in [0.29, 0.717) is 5.25 Å². The topological polar surface area (TPSA) is 24.4 Å². The van der Waals surface area contributed by atoms with Crippen molar-refractivity contribution in [2.24, 2.45) is 4.99 Å². The van der Waals surface area contributed by atoms with Crippen molar-refractivity contribution in [3.8, 4) is 0 Å². The molecule has 0 radical (unpaired) electrons. The van der Waals surface area contributed by atoms with Crippen LogP contribution in [-0.2, 0) is 6.54 Å². The number of thioether (sulfide) groups is 1. The molecule has 0 fully saturated rings. The van der Waals surface area contributed by atoms with Crippen LogP contribution in [0.15, 0.2) is 35.3 Å². The Hall–Kier alpha value is -0.230. The van der Waals surface area contributed by atoms with Gasteiger partial charge in [-0.1, -0.05) is 64.7 Å². The van der Waals surface area contributed by atoms with Crippen molar-refractivity contribution in [1.29, 1.82) is 0 Å². The molecule has 0 saturated heterocycles. The van der Waals surface area contributed by atoms with Crippen LogP contribution in [0.5, 0.6) is 0 Å². The summed E-state index contributed by atoms with van der Waals surface area (Å²) in [4.78, 5) is 4.47. The molecule has 0 unspecified atom stereocenters. The van der Waals surface area contributed by atoms with E-state index in [2.05, 4.69) is 57.2 Å². The molecule has 2 rings (SSSR count). The van der Waals surface area contributed by atoms with Crippen LogP contribution in [0.4, 0.5) is 0 Å². The lowest BCUT2D eigenvalue weighted by Crippen LogP contribution is -2.18. The van der Waals surface area contributed by atoms with Gasteiger partial charge in [0.2, 0.25) is 0 Å². The van der Waals surface area contributed by atoms with Gasteiger partial charge in [0.25, 0.3) is 0 Å². The third-order valence-corrected chi connectivity index (χ3v) is 4.98. The van der Waals surface area contributed by atoms with Gasteiger partial charge in [-0.05, 0) is 5.56 Å². The predicted octanol–water partition coefficient (Wildman–Crippen LogP) is 2.68. The van der Waals surface area contributed by atoms with E-state index in [1.165, 1.54) is 9.99 Å². The van der Waals surface area contributed by atoms with Gasteiger partial charge in [-0.15, -0.1) is 0 Å². The van der Waals surface area contributed by atoms with Crippen LogP contribution in [-0.4, -0.2) is 21.4 Å². The number of nitrogens with one attached hydrogen (secondary N) is 1. The summed E-state index contributed by atoms with van der Waals surface area (Å²) in [5, 5.41) is 5.14. The number of benzene rings is 1. The van der Waals surface area contributed by atoms with Crippen LogP contribution in [0.2, 0.25) is 0 Å². The Morgan fingerprint density at radius 1 is 1.40 bits per heavy atom. The molecule has 0 saturated carbocycles. The van der Waals surface area contributed by atoms with Crippen LogP contribution < -0.4 is 5.32 Å². The minimum atomic E-state index is 0.670. The van der Waals surface area contributed by atoms with E-state index in [1.807, 2.05) is 17.8 Å². The summed E-state index contributed by atoms with van der Waals surface area (Å²) in [6.45, 7) is 1.84. The van der Waals surface area contributed by atoms with Gasteiger partial charge >= 0.3 is 0 Å². The summed E-state index contributed by atoms with van der Waals surface area (Å²) < 4.78 is 1.17. The SMILES string of the molecule is IC[C@H]1CN=C(NCc2ccccc2)S1. The van der Waals surface area contributed by atoms with Crippen LogP contribution in [0.25, 0.3) is 0 Å². The molecule has 1 aliphatic heterocycles. The van der Waals surface area contributed by atoms with E-state index >= 15 is 0 Å². The molecule has 0 bridgehead atoms. The Balaban J connectivity index is 1.80. The minimum Gasteiger partial charge on any atom is -0.361 e. The molecule has 15 heavy (non-hydrogen) atoms. The van der Waals surface area contributed by atoms with E-state index in [4.69, 9.17) is 0 Å². The zero-order valence-electron chi connectivity index (χ0n) is 8.32. The maximum Gasteiger partial charge on any atom is 0.157 e. The average Bonchev–Trinajstić information content (AvgIpc) is 2.76.